The Hall–Kier alpha value is -2.86. The third-order valence-electron chi connectivity index (χ3n) is 4.40. The molecule has 128 valence electrons. The van der Waals surface area contributed by atoms with E-state index in [1.54, 1.807) is 24.5 Å². The zero-order valence-electron chi connectivity index (χ0n) is 13.6. The van der Waals surface area contributed by atoms with Crippen molar-refractivity contribution in [3.8, 4) is 17.3 Å². The Morgan fingerprint density at radius 3 is 2.96 bits per heavy atom. The Balaban J connectivity index is 1.47. The largest absolute Gasteiger partial charge is 0.335 e. The summed E-state index contributed by atoms with van der Waals surface area (Å²) in [5.74, 6) is 0. The van der Waals surface area contributed by atoms with E-state index >= 15 is 0 Å². The number of nitrogens with one attached hydrogen (secondary N) is 2. The van der Waals surface area contributed by atoms with Gasteiger partial charge < -0.3 is 15.2 Å². The molecule has 4 rings (SSSR count). The molecule has 0 saturated carbocycles. The standard InChI is InChI=1S/C19H14IN5O/c20-15-7-12(8-21)5-6-16(15)24-19(26)23-10-18-14-4-2-1-3-13(14)17-9-22-11-25(17)18/h1-7,9,11,18H,10H2,(H2,23,24,26). The van der Waals surface area contributed by atoms with Gasteiger partial charge in [-0.15, -0.1) is 0 Å². The highest BCUT2D eigenvalue weighted by molar-refractivity contribution is 14.1. The average molecular weight is 455 g/mol. The molecule has 2 amide bonds. The second kappa shape index (κ2) is 6.80. The topological polar surface area (TPSA) is 82.7 Å². The molecule has 2 heterocycles. The Labute approximate surface area is 164 Å². The molecule has 0 spiro atoms. The summed E-state index contributed by atoms with van der Waals surface area (Å²) in [6.45, 7) is 0.457. The van der Waals surface area contributed by atoms with Crippen LogP contribution in [0.3, 0.4) is 0 Å². The van der Waals surface area contributed by atoms with Crippen LogP contribution in [0.25, 0.3) is 11.3 Å². The molecule has 3 aromatic rings. The number of aromatic nitrogens is 2. The summed E-state index contributed by atoms with van der Waals surface area (Å²) in [4.78, 5) is 16.5. The van der Waals surface area contributed by atoms with Gasteiger partial charge in [-0.05, 0) is 46.4 Å². The van der Waals surface area contributed by atoms with Crippen LogP contribution in [0.15, 0.2) is 55.0 Å². The number of amides is 2. The van der Waals surface area contributed by atoms with Crippen LogP contribution in [0.5, 0.6) is 0 Å². The molecular weight excluding hydrogens is 441 g/mol. The van der Waals surface area contributed by atoms with Crippen molar-refractivity contribution in [3.63, 3.8) is 0 Å². The van der Waals surface area contributed by atoms with Crippen molar-refractivity contribution in [2.45, 2.75) is 6.04 Å². The minimum Gasteiger partial charge on any atom is -0.335 e. The van der Waals surface area contributed by atoms with Crippen molar-refractivity contribution in [1.82, 2.24) is 14.9 Å². The Morgan fingerprint density at radius 1 is 1.31 bits per heavy atom. The predicted octanol–water partition coefficient (Wildman–Crippen LogP) is 3.75. The fraction of sp³-hybridized carbons (Fsp3) is 0.105. The van der Waals surface area contributed by atoms with Crippen LogP contribution in [0.4, 0.5) is 10.5 Å². The van der Waals surface area contributed by atoms with Crippen LogP contribution in [0.2, 0.25) is 0 Å². The molecule has 0 fully saturated rings. The first kappa shape index (κ1) is 16.6. The van der Waals surface area contributed by atoms with Gasteiger partial charge in [0.15, 0.2) is 0 Å². The van der Waals surface area contributed by atoms with Crippen LogP contribution in [0, 0.1) is 14.9 Å². The van der Waals surface area contributed by atoms with E-state index < -0.39 is 0 Å². The van der Waals surface area contributed by atoms with E-state index in [9.17, 15) is 4.79 Å². The molecule has 26 heavy (non-hydrogen) atoms. The van der Waals surface area contributed by atoms with Crippen molar-refractivity contribution in [3.05, 3.63) is 69.7 Å². The molecule has 6 nitrogen and oxygen atoms in total. The molecule has 0 saturated heterocycles. The smallest absolute Gasteiger partial charge is 0.319 e. The molecule has 1 unspecified atom stereocenters. The van der Waals surface area contributed by atoms with E-state index in [1.165, 1.54) is 5.56 Å². The van der Waals surface area contributed by atoms with Gasteiger partial charge in [-0.1, -0.05) is 24.3 Å². The Bertz CT molecular complexity index is 1040. The van der Waals surface area contributed by atoms with Gasteiger partial charge in [0, 0.05) is 15.7 Å². The number of rotatable bonds is 3. The van der Waals surface area contributed by atoms with Crippen LogP contribution < -0.4 is 10.6 Å². The summed E-state index contributed by atoms with van der Waals surface area (Å²) in [5.41, 5.74) is 4.64. The van der Waals surface area contributed by atoms with E-state index in [-0.39, 0.29) is 12.1 Å². The molecule has 0 aliphatic carbocycles. The van der Waals surface area contributed by atoms with E-state index in [0.29, 0.717) is 17.8 Å². The second-order valence-electron chi connectivity index (χ2n) is 5.93. The lowest BCUT2D eigenvalue weighted by atomic mass is 10.0. The number of anilines is 1. The fourth-order valence-corrected chi connectivity index (χ4v) is 3.83. The molecule has 1 atom stereocenters. The number of hydrogen-bond donors (Lipinski definition) is 2. The van der Waals surface area contributed by atoms with Crippen molar-refractivity contribution >= 4 is 34.3 Å². The highest BCUT2D eigenvalue weighted by Gasteiger charge is 2.28. The predicted molar refractivity (Wildman–Crippen MR) is 107 cm³/mol. The summed E-state index contributed by atoms with van der Waals surface area (Å²) >= 11 is 2.10. The van der Waals surface area contributed by atoms with Crippen LogP contribution in [0.1, 0.15) is 17.2 Å². The minimum absolute atomic E-state index is 0.0227. The van der Waals surface area contributed by atoms with E-state index in [0.717, 1.165) is 14.8 Å². The summed E-state index contributed by atoms with van der Waals surface area (Å²) < 4.78 is 2.90. The van der Waals surface area contributed by atoms with Gasteiger partial charge in [0.25, 0.3) is 0 Å². The maximum Gasteiger partial charge on any atom is 0.319 e. The molecule has 0 bridgehead atoms. The van der Waals surface area contributed by atoms with Crippen LogP contribution >= 0.6 is 22.6 Å². The van der Waals surface area contributed by atoms with E-state index in [4.69, 9.17) is 5.26 Å². The molecule has 0 radical (unpaired) electrons. The van der Waals surface area contributed by atoms with Crippen molar-refractivity contribution in [2.24, 2.45) is 0 Å². The maximum absolute atomic E-state index is 12.3. The van der Waals surface area contributed by atoms with Crippen LogP contribution in [-0.4, -0.2) is 22.1 Å². The monoisotopic (exact) mass is 455 g/mol. The molecule has 2 N–H and O–H groups in total. The number of urea groups is 1. The number of nitriles is 1. The lowest BCUT2D eigenvalue weighted by Gasteiger charge is -2.16. The Kier molecular flexibility index (Phi) is 4.34. The number of fused-ring (bicyclic) bond motifs is 3. The summed E-state index contributed by atoms with van der Waals surface area (Å²) in [6.07, 6.45) is 3.64. The molecule has 2 aromatic carbocycles. The highest BCUT2D eigenvalue weighted by atomic mass is 127. The first-order chi connectivity index (χ1) is 12.7. The fourth-order valence-electron chi connectivity index (χ4n) is 3.18. The van der Waals surface area contributed by atoms with Crippen LogP contribution in [-0.2, 0) is 0 Å². The average Bonchev–Trinajstić information content (AvgIpc) is 3.23. The lowest BCUT2D eigenvalue weighted by molar-refractivity contribution is 0.251. The van der Waals surface area contributed by atoms with E-state index in [2.05, 4.69) is 61.0 Å². The third-order valence-corrected chi connectivity index (χ3v) is 5.29. The second-order valence-corrected chi connectivity index (χ2v) is 7.09. The summed E-state index contributed by atoms with van der Waals surface area (Å²) in [5, 5.41) is 14.7. The number of benzene rings is 2. The number of hydrogen-bond acceptors (Lipinski definition) is 3. The molecular formula is C19H14IN5O. The molecule has 1 aliphatic heterocycles. The SMILES string of the molecule is N#Cc1ccc(NC(=O)NCC2c3ccccc3-c3cncn32)c(I)c1. The zero-order valence-corrected chi connectivity index (χ0v) is 15.8. The zero-order chi connectivity index (χ0) is 18.1. The van der Waals surface area contributed by atoms with Crippen molar-refractivity contribution in [1.29, 1.82) is 5.26 Å². The van der Waals surface area contributed by atoms with E-state index in [1.807, 2.05) is 18.3 Å². The Morgan fingerprint density at radius 2 is 2.15 bits per heavy atom. The van der Waals surface area contributed by atoms with Gasteiger partial charge in [0.2, 0.25) is 0 Å². The number of carbonyl (C=O) groups is 1. The van der Waals surface area contributed by atoms with Gasteiger partial charge in [-0.3, -0.25) is 0 Å². The number of carbonyl (C=O) groups excluding carboxylic acids is 1. The summed E-state index contributed by atoms with van der Waals surface area (Å²) in [6, 6.07) is 15.1. The molecule has 1 aliphatic rings. The number of halogens is 1. The van der Waals surface area contributed by atoms with Gasteiger partial charge in [0.1, 0.15) is 0 Å². The van der Waals surface area contributed by atoms with Crippen molar-refractivity contribution < 1.29 is 4.79 Å². The van der Waals surface area contributed by atoms with Gasteiger partial charge >= 0.3 is 6.03 Å². The van der Waals surface area contributed by atoms with Gasteiger partial charge in [-0.25, -0.2) is 9.78 Å². The molecule has 1 aromatic heterocycles. The van der Waals surface area contributed by atoms with Gasteiger partial charge in [-0.2, -0.15) is 5.26 Å². The highest BCUT2D eigenvalue weighted by Crippen LogP contribution is 2.38. The molecule has 7 heteroatoms. The number of imidazole rings is 1. The minimum atomic E-state index is -0.279. The normalized spacial score (nSPS) is 14.2. The summed E-state index contributed by atoms with van der Waals surface area (Å²) in [7, 11) is 0. The first-order valence-electron chi connectivity index (χ1n) is 8.03. The first-order valence-corrected chi connectivity index (χ1v) is 9.11. The van der Waals surface area contributed by atoms with Gasteiger partial charge in [0.05, 0.1) is 41.6 Å². The third kappa shape index (κ3) is 2.93. The van der Waals surface area contributed by atoms with Crippen molar-refractivity contribution in [2.75, 3.05) is 11.9 Å². The quantitative estimate of drug-likeness (QED) is 0.591. The number of nitrogens with zero attached hydrogens (tertiary/aromatic N) is 3. The maximum atomic E-state index is 12.3. The lowest BCUT2D eigenvalue weighted by Crippen LogP contribution is -2.33.